The maximum absolute atomic E-state index is 13.2. The minimum atomic E-state index is -0.457. The average molecular weight is 393 g/mol. The fourth-order valence-corrected chi connectivity index (χ4v) is 3.49. The second-order valence-electron chi connectivity index (χ2n) is 7.50. The van der Waals surface area contributed by atoms with Gasteiger partial charge in [-0.3, -0.25) is 9.59 Å². The van der Waals surface area contributed by atoms with Gasteiger partial charge in [-0.25, -0.2) is 4.98 Å². The van der Waals surface area contributed by atoms with E-state index in [1.807, 2.05) is 44.2 Å². The molecule has 3 aromatic rings. The minimum absolute atomic E-state index is 0.0141. The Labute approximate surface area is 168 Å². The number of likely N-dealkylation sites (tertiary alicyclic amines) is 1. The first-order chi connectivity index (χ1) is 14.0. The van der Waals surface area contributed by atoms with Gasteiger partial charge in [0.05, 0.1) is 0 Å². The van der Waals surface area contributed by atoms with Gasteiger partial charge in [-0.2, -0.15) is 4.98 Å². The van der Waals surface area contributed by atoms with Crippen LogP contribution >= 0.6 is 0 Å². The lowest BCUT2D eigenvalue weighted by Gasteiger charge is -2.33. The highest BCUT2D eigenvalue weighted by molar-refractivity contribution is 5.94. The lowest BCUT2D eigenvalue weighted by molar-refractivity contribution is 0.0559. The molecule has 8 heteroatoms. The summed E-state index contributed by atoms with van der Waals surface area (Å²) >= 11 is 0. The summed E-state index contributed by atoms with van der Waals surface area (Å²) in [5.41, 5.74) is 0.341. The van der Waals surface area contributed by atoms with Crippen molar-refractivity contribution in [2.24, 2.45) is 0 Å². The molecule has 1 aliphatic rings. The Kier molecular flexibility index (Phi) is 5.24. The molecule has 0 aliphatic carbocycles. The van der Waals surface area contributed by atoms with Crippen molar-refractivity contribution in [3.05, 3.63) is 64.2 Å². The predicted octanol–water partition coefficient (Wildman–Crippen LogP) is 3.31. The predicted molar refractivity (Wildman–Crippen MR) is 106 cm³/mol. The van der Waals surface area contributed by atoms with Gasteiger partial charge in [0, 0.05) is 24.2 Å². The highest BCUT2D eigenvalue weighted by Gasteiger charge is 2.34. The third kappa shape index (κ3) is 3.83. The van der Waals surface area contributed by atoms with Crippen LogP contribution in [0.15, 0.2) is 45.8 Å². The van der Waals surface area contributed by atoms with Crippen molar-refractivity contribution >= 4 is 5.91 Å². The van der Waals surface area contributed by atoms with E-state index in [4.69, 9.17) is 4.52 Å². The van der Waals surface area contributed by atoms with Crippen molar-refractivity contribution in [3.63, 3.8) is 0 Å². The molecule has 3 heterocycles. The Morgan fingerprint density at radius 1 is 1.24 bits per heavy atom. The smallest absolute Gasteiger partial charge is 0.264 e. The van der Waals surface area contributed by atoms with Crippen molar-refractivity contribution < 1.29 is 9.32 Å². The molecule has 1 aromatic carbocycles. The summed E-state index contributed by atoms with van der Waals surface area (Å²) in [5.74, 6) is 1.24. The molecule has 1 aliphatic heterocycles. The van der Waals surface area contributed by atoms with E-state index < -0.39 is 5.56 Å². The Morgan fingerprint density at radius 3 is 2.72 bits per heavy atom. The summed E-state index contributed by atoms with van der Waals surface area (Å²) in [4.78, 5) is 38.9. The van der Waals surface area contributed by atoms with Crippen LogP contribution in [0.2, 0.25) is 0 Å². The molecule has 0 radical (unpaired) electrons. The summed E-state index contributed by atoms with van der Waals surface area (Å²) in [7, 11) is 0. The van der Waals surface area contributed by atoms with Gasteiger partial charge in [0.25, 0.3) is 11.5 Å². The summed E-state index contributed by atoms with van der Waals surface area (Å²) in [6.07, 6.45) is 3.89. The van der Waals surface area contributed by atoms with Crippen molar-refractivity contribution in [2.45, 2.75) is 45.1 Å². The molecule has 1 amide bonds. The number of H-pyrrole nitrogens is 1. The van der Waals surface area contributed by atoms with Crippen molar-refractivity contribution in [3.8, 4) is 11.4 Å². The monoisotopic (exact) mass is 393 g/mol. The molecule has 0 bridgehead atoms. The van der Waals surface area contributed by atoms with Crippen molar-refractivity contribution in [2.75, 3.05) is 6.54 Å². The number of nitrogens with one attached hydrogen (secondary N) is 1. The number of hydrogen-bond donors (Lipinski definition) is 1. The molecule has 1 atom stereocenters. The number of carbonyl (C=O) groups excluding carboxylic acids is 1. The Bertz CT molecular complexity index is 1060. The van der Waals surface area contributed by atoms with Crippen LogP contribution in [-0.2, 0) is 0 Å². The molecule has 0 unspecified atom stereocenters. The Balaban J connectivity index is 1.62. The third-order valence-corrected chi connectivity index (χ3v) is 5.10. The van der Waals surface area contributed by atoms with Gasteiger partial charge in [0.2, 0.25) is 5.89 Å². The van der Waals surface area contributed by atoms with E-state index in [1.165, 1.54) is 6.20 Å². The molecule has 150 valence electrons. The van der Waals surface area contributed by atoms with E-state index in [-0.39, 0.29) is 23.4 Å². The molecule has 2 aromatic heterocycles. The standard InChI is InChI=1S/C21H23N5O3/c1-13(2)17-24-20(29-25-17)16-10-6-7-11-26(16)21(28)15-12-22-18(23-19(15)27)14-8-4-3-5-9-14/h3-5,8-9,12-13,16H,6-7,10-11H2,1-2H3,(H,22,23,27)/t16-/m1/s1. The number of benzene rings is 1. The van der Waals surface area contributed by atoms with E-state index in [9.17, 15) is 9.59 Å². The summed E-state index contributed by atoms with van der Waals surface area (Å²) in [6.45, 7) is 4.50. The van der Waals surface area contributed by atoms with E-state index in [1.54, 1.807) is 4.90 Å². The van der Waals surface area contributed by atoms with E-state index in [0.717, 1.165) is 24.8 Å². The molecule has 4 rings (SSSR count). The van der Waals surface area contributed by atoms with Crippen LogP contribution in [0.5, 0.6) is 0 Å². The number of hydrogen-bond acceptors (Lipinski definition) is 6. The number of amides is 1. The van der Waals surface area contributed by atoms with Gasteiger partial charge < -0.3 is 14.4 Å². The molecule has 8 nitrogen and oxygen atoms in total. The summed E-state index contributed by atoms with van der Waals surface area (Å²) in [5, 5.41) is 4.02. The zero-order chi connectivity index (χ0) is 20.4. The lowest BCUT2D eigenvalue weighted by Crippen LogP contribution is -2.41. The zero-order valence-electron chi connectivity index (χ0n) is 16.5. The van der Waals surface area contributed by atoms with Gasteiger partial charge in [0.15, 0.2) is 5.82 Å². The lowest BCUT2D eigenvalue weighted by atomic mass is 10.0. The molecule has 1 fully saturated rings. The van der Waals surface area contributed by atoms with E-state index >= 15 is 0 Å². The molecule has 29 heavy (non-hydrogen) atoms. The van der Waals surface area contributed by atoms with E-state index in [2.05, 4.69) is 20.1 Å². The number of nitrogens with zero attached hydrogens (tertiary/aromatic N) is 4. The second-order valence-corrected chi connectivity index (χ2v) is 7.50. The van der Waals surface area contributed by atoms with Gasteiger partial charge in [-0.15, -0.1) is 0 Å². The largest absolute Gasteiger partial charge is 0.337 e. The van der Waals surface area contributed by atoms with E-state index in [0.29, 0.717) is 24.1 Å². The van der Waals surface area contributed by atoms with Gasteiger partial charge in [0.1, 0.15) is 17.4 Å². The summed E-state index contributed by atoms with van der Waals surface area (Å²) < 4.78 is 5.43. The topological polar surface area (TPSA) is 105 Å². The molecule has 0 saturated carbocycles. The van der Waals surface area contributed by atoms with Crippen LogP contribution in [0.1, 0.15) is 67.1 Å². The number of carbonyl (C=O) groups is 1. The van der Waals surface area contributed by atoms with Crippen LogP contribution < -0.4 is 5.56 Å². The third-order valence-electron chi connectivity index (χ3n) is 5.10. The maximum atomic E-state index is 13.2. The number of aromatic nitrogens is 4. The first-order valence-electron chi connectivity index (χ1n) is 9.84. The van der Waals surface area contributed by atoms with Gasteiger partial charge >= 0.3 is 0 Å². The molecule has 1 N–H and O–H groups in total. The normalized spacial score (nSPS) is 16.9. The molecule has 0 spiro atoms. The van der Waals surface area contributed by atoms with Crippen LogP contribution in [0.25, 0.3) is 11.4 Å². The molecular weight excluding hydrogens is 370 g/mol. The Morgan fingerprint density at radius 2 is 2.03 bits per heavy atom. The Hall–Kier alpha value is -3.29. The first-order valence-corrected chi connectivity index (χ1v) is 9.84. The fraction of sp³-hybridized carbons (Fsp3) is 0.381. The van der Waals surface area contributed by atoms with Gasteiger partial charge in [-0.1, -0.05) is 49.3 Å². The fourth-order valence-electron chi connectivity index (χ4n) is 3.49. The van der Waals surface area contributed by atoms with Crippen LogP contribution in [0, 0.1) is 0 Å². The first kappa shape index (κ1) is 19.0. The number of aromatic amines is 1. The minimum Gasteiger partial charge on any atom is -0.337 e. The molecule has 1 saturated heterocycles. The van der Waals surface area contributed by atoms with Crippen LogP contribution in [0.4, 0.5) is 0 Å². The van der Waals surface area contributed by atoms with Crippen molar-refractivity contribution in [1.82, 2.24) is 25.0 Å². The SMILES string of the molecule is CC(C)c1noc([C@H]2CCCCN2C(=O)c2cnc(-c3ccccc3)[nH]c2=O)n1. The second kappa shape index (κ2) is 7.98. The van der Waals surface area contributed by atoms with Gasteiger partial charge in [-0.05, 0) is 19.3 Å². The van der Waals surface area contributed by atoms with Crippen LogP contribution in [-0.4, -0.2) is 37.5 Å². The van der Waals surface area contributed by atoms with Crippen LogP contribution in [0.3, 0.4) is 0 Å². The number of piperidine rings is 1. The number of rotatable bonds is 4. The maximum Gasteiger partial charge on any atom is 0.264 e. The highest BCUT2D eigenvalue weighted by Crippen LogP contribution is 2.31. The summed E-state index contributed by atoms with van der Waals surface area (Å²) in [6, 6.07) is 8.98. The zero-order valence-corrected chi connectivity index (χ0v) is 16.5. The molecular formula is C21H23N5O3. The highest BCUT2D eigenvalue weighted by atomic mass is 16.5. The average Bonchev–Trinajstić information content (AvgIpc) is 3.24. The quantitative estimate of drug-likeness (QED) is 0.729. The van der Waals surface area contributed by atoms with Crippen molar-refractivity contribution in [1.29, 1.82) is 0 Å².